The maximum Gasteiger partial charge on any atom is -0.000672 e. The van der Waals surface area contributed by atoms with Crippen LogP contribution in [0.25, 0.3) is 0 Å². The van der Waals surface area contributed by atoms with E-state index >= 15 is 0 Å². The van der Waals surface area contributed by atoms with Crippen LogP contribution in [0.3, 0.4) is 0 Å². The molecule has 0 aliphatic rings. The second-order valence-corrected chi connectivity index (χ2v) is 9.89. The third-order valence-electron chi connectivity index (χ3n) is 6.64. The van der Waals surface area contributed by atoms with Crippen LogP contribution in [0, 0.1) is 0 Å². The van der Waals surface area contributed by atoms with Crippen LogP contribution in [0.1, 0.15) is 135 Å². The first-order valence-corrected chi connectivity index (χ1v) is 14.7. The number of unbranched alkanes of at least 4 members (excludes halogenated alkanes) is 16. The van der Waals surface area contributed by atoms with Gasteiger partial charge in [-0.15, -0.1) is 0 Å². The summed E-state index contributed by atoms with van der Waals surface area (Å²) in [5.74, 6) is 0. The quantitative estimate of drug-likeness (QED) is 0.116. The number of rotatable bonds is 28. The second kappa shape index (κ2) is 28.9. The minimum Gasteiger partial charge on any atom is -0.330 e. The van der Waals surface area contributed by atoms with Gasteiger partial charge in [-0.2, -0.15) is 0 Å². The molecule has 0 saturated carbocycles. The highest BCUT2D eigenvalue weighted by Crippen LogP contribution is 2.14. The molecule has 4 heteroatoms. The summed E-state index contributed by atoms with van der Waals surface area (Å²) in [6.07, 6.45) is 27.8. The molecule has 0 spiro atoms. The summed E-state index contributed by atoms with van der Waals surface area (Å²) in [5.41, 5.74) is 11.3. The van der Waals surface area contributed by atoms with Crippen molar-refractivity contribution in [1.82, 2.24) is 10.2 Å². The van der Waals surface area contributed by atoms with Gasteiger partial charge in [0.2, 0.25) is 0 Å². The SMILES string of the molecule is CCCCCCCCCCCCCCCCCCN(CCCN)CCCCNCCCN. The Morgan fingerprint density at radius 2 is 0.812 bits per heavy atom. The molecule has 0 aliphatic heterocycles. The summed E-state index contributed by atoms with van der Waals surface area (Å²) in [6.45, 7) is 9.77. The number of nitrogens with one attached hydrogen (secondary N) is 1. The van der Waals surface area contributed by atoms with Crippen LogP contribution in [-0.2, 0) is 0 Å². The zero-order valence-corrected chi connectivity index (χ0v) is 22.2. The summed E-state index contributed by atoms with van der Waals surface area (Å²) < 4.78 is 0. The lowest BCUT2D eigenvalue weighted by Crippen LogP contribution is -2.29. The van der Waals surface area contributed by atoms with E-state index in [-0.39, 0.29) is 0 Å². The Labute approximate surface area is 203 Å². The number of hydrogen-bond acceptors (Lipinski definition) is 4. The topological polar surface area (TPSA) is 67.3 Å². The Morgan fingerprint density at radius 3 is 1.28 bits per heavy atom. The summed E-state index contributed by atoms with van der Waals surface area (Å²) in [7, 11) is 0. The molecule has 32 heavy (non-hydrogen) atoms. The van der Waals surface area contributed by atoms with E-state index in [1.165, 1.54) is 135 Å². The van der Waals surface area contributed by atoms with Gasteiger partial charge in [-0.05, 0) is 77.9 Å². The summed E-state index contributed by atoms with van der Waals surface area (Å²) in [6, 6.07) is 0. The maximum absolute atomic E-state index is 5.74. The zero-order valence-electron chi connectivity index (χ0n) is 22.2. The Kier molecular flexibility index (Phi) is 28.7. The van der Waals surface area contributed by atoms with Crippen molar-refractivity contribution >= 4 is 0 Å². The van der Waals surface area contributed by atoms with E-state index in [2.05, 4.69) is 17.1 Å². The van der Waals surface area contributed by atoms with Gasteiger partial charge >= 0.3 is 0 Å². The van der Waals surface area contributed by atoms with Crippen LogP contribution in [0.2, 0.25) is 0 Å². The van der Waals surface area contributed by atoms with Gasteiger partial charge in [0, 0.05) is 0 Å². The molecule has 0 aromatic heterocycles. The molecule has 0 aromatic carbocycles. The van der Waals surface area contributed by atoms with Gasteiger partial charge in [-0.1, -0.05) is 103 Å². The fourth-order valence-electron chi connectivity index (χ4n) is 4.47. The molecular formula is C28H62N4. The molecule has 0 heterocycles. The number of nitrogens with two attached hydrogens (primary N) is 2. The normalized spacial score (nSPS) is 11.6. The lowest BCUT2D eigenvalue weighted by molar-refractivity contribution is 0.259. The minimum absolute atomic E-state index is 0.791. The smallest absolute Gasteiger partial charge is 0.000672 e. The van der Waals surface area contributed by atoms with E-state index in [9.17, 15) is 0 Å². The molecule has 0 rings (SSSR count). The van der Waals surface area contributed by atoms with Crippen LogP contribution in [-0.4, -0.2) is 50.7 Å². The largest absolute Gasteiger partial charge is 0.330 e. The van der Waals surface area contributed by atoms with Crippen molar-refractivity contribution in [1.29, 1.82) is 0 Å². The van der Waals surface area contributed by atoms with E-state index in [4.69, 9.17) is 11.5 Å². The van der Waals surface area contributed by atoms with Gasteiger partial charge in [0.05, 0.1) is 0 Å². The van der Waals surface area contributed by atoms with Gasteiger partial charge in [0.25, 0.3) is 0 Å². The molecule has 0 aliphatic carbocycles. The Morgan fingerprint density at radius 1 is 0.438 bits per heavy atom. The third-order valence-corrected chi connectivity index (χ3v) is 6.64. The molecule has 0 saturated heterocycles. The van der Waals surface area contributed by atoms with Crippen molar-refractivity contribution in [2.75, 3.05) is 45.8 Å². The summed E-state index contributed by atoms with van der Waals surface area (Å²) in [5, 5.41) is 3.49. The number of hydrogen-bond donors (Lipinski definition) is 3. The van der Waals surface area contributed by atoms with Gasteiger partial charge in [-0.25, -0.2) is 0 Å². The zero-order chi connectivity index (χ0) is 23.4. The first-order chi connectivity index (χ1) is 15.8. The van der Waals surface area contributed by atoms with E-state index in [1.54, 1.807) is 0 Å². The molecule has 0 atom stereocenters. The van der Waals surface area contributed by atoms with Gasteiger partial charge in [-0.3, -0.25) is 0 Å². The first kappa shape index (κ1) is 31.8. The van der Waals surface area contributed by atoms with Gasteiger partial charge in [0.1, 0.15) is 0 Å². The van der Waals surface area contributed by atoms with E-state index in [1.807, 2.05) is 0 Å². The molecular weight excluding hydrogens is 392 g/mol. The molecule has 0 fully saturated rings. The van der Waals surface area contributed by atoms with Gasteiger partial charge in [0.15, 0.2) is 0 Å². The van der Waals surface area contributed by atoms with E-state index in [0.29, 0.717) is 0 Å². The Hall–Kier alpha value is -0.160. The molecule has 4 nitrogen and oxygen atoms in total. The Bertz CT molecular complexity index is 325. The standard InChI is InChI=1S/C28H62N4/c1-2-3-4-5-6-7-8-9-10-11-12-13-14-15-16-18-26-32(28-21-23-30)27-19-17-24-31-25-20-22-29/h31H,2-30H2,1H3. The average molecular weight is 455 g/mol. The average Bonchev–Trinajstić information content (AvgIpc) is 2.81. The minimum atomic E-state index is 0.791. The molecule has 194 valence electrons. The molecule has 0 amide bonds. The van der Waals surface area contributed by atoms with Crippen LogP contribution >= 0.6 is 0 Å². The van der Waals surface area contributed by atoms with Crippen molar-refractivity contribution in [3.63, 3.8) is 0 Å². The maximum atomic E-state index is 5.74. The fraction of sp³-hybridized carbons (Fsp3) is 1.00. The summed E-state index contributed by atoms with van der Waals surface area (Å²) in [4.78, 5) is 2.65. The predicted molar refractivity (Wildman–Crippen MR) is 145 cm³/mol. The monoisotopic (exact) mass is 454 g/mol. The van der Waals surface area contributed by atoms with E-state index in [0.717, 1.165) is 39.0 Å². The summed E-state index contributed by atoms with van der Waals surface area (Å²) >= 11 is 0. The van der Waals surface area contributed by atoms with Crippen molar-refractivity contribution in [3.05, 3.63) is 0 Å². The molecule has 0 aromatic rings. The molecule has 5 N–H and O–H groups in total. The lowest BCUT2D eigenvalue weighted by atomic mass is 10.0. The fourth-order valence-corrected chi connectivity index (χ4v) is 4.47. The van der Waals surface area contributed by atoms with Crippen molar-refractivity contribution in [2.45, 2.75) is 135 Å². The van der Waals surface area contributed by atoms with Crippen molar-refractivity contribution in [2.24, 2.45) is 11.5 Å². The molecule has 0 unspecified atom stereocenters. The molecule has 0 bridgehead atoms. The van der Waals surface area contributed by atoms with Crippen LogP contribution in [0.5, 0.6) is 0 Å². The van der Waals surface area contributed by atoms with Crippen molar-refractivity contribution < 1.29 is 0 Å². The number of nitrogens with zero attached hydrogens (tertiary/aromatic N) is 1. The second-order valence-electron chi connectivity index (χ2n) is 9.89. The highest BCUT2D eigenvalue weighted by atomic mass is 15.1. The molecule has 0 radical (unpaired) electrons. The Balaban J connectivity index is 3.42. The third kappa shape index (κ3) is 26.1. The first-order valence-electron chi connectivity index (χ1n) is 14.7. The van der Waals surface area contributed by atoms with Crippen LogP contribution in [0.4, 0.5) is 0 Å². The van der Waals surface area contributed by atoms with E-state index < -0.39 is 0 Å². The van der Waals surface area contributed by atoms with Gasteiger partial charge < -0.3 is 21.7 Å². The van der Waals surface area contributed by atoms with Crippen LogP contribution < -0.4 is 16.8 Å². The predicted octanol–water partition coefficient (Wildman–Crippen LogP) is 6.62. The van der Waals surface area contributed by atoms with Crippen LogP contribution in [0.15, 0.2) is 0 Å². The highest BCUT2D eigenvalue weighted by Gasteiger charge is 2.04. The lowest BCUT2D eigenvalue weighted by Gasteiger charge is -2.22. The highest BCUT2D eigenvalue weighted by molar-refractivity contribution is 4.61. The van der Waals surface area contributed by atoms with Crippen molar-refractivity contribution in [3.8, 4) is 0 Å².